The fourth-order valence-corrected chi connectivity index (χ4v) is 1.32. The Morgan fingerprint density at radius 1 is 1.54 bits per heavy atom. The molecule has 1 unspecified atom stereocenters. The molecule has 0 aliphatic carbocycles. The summed E-state index contributed by atoms with van der Waals surface area (Å²) in [5.74, 6) is -0.107. The second kappa shape index (κ2) is 5.16. The summed E-state index contributed by atoms with van der Waals surface area (Å²) in [5.41, 5.74) is 2.32. The van der Waals surface area contributed by atoms with Gasteiger partial charge in [-0.15, -0.1) is 0 Å². The summed E-state index contributed by atoms with van der Waals surface area (Å²) in [6, 6.07) is -0.149. The highest BCUT2D eigenvalue weighted by Gasteiger charge is 2.22. The minimum atomic E-state index is -0.149. The van der Waals surface area contributed by atoms with E-state index in [9.17, 15) is 4.79 Å². The van der Waals surface area contributed by atoms with E-state index < -0.39 is 0 Å². The van der Waals surface area contributed by atoms with Crippen molar-refractivity contribution in [2.75, 3.05) is 33.4 Å². The molecule has 1 aliphatic rings. The number of carbonyl (C=O) groups is 1. The van der Waals surface area contributed by atoms with Crippen LogP contribution in [0.2, 0.25) is 0 Å². The van der Waals surface area contributed by atoms with Crippen LogP contribution in [0.25, 0.3) is 0 Å². The Bertz CT molecular complexity index is 169. The lowest BCUT2D eigenvalue weighted by atomic mass is 10.2. The zero-order chi connectivity index (χ0) is 9.68. The molecule has 5 nitrogen and oxygen atoms in total. The van der Waals surface area contributed by atoms with Crippen molar-refractivity contribution in [3.63, 3.8) is 0 Å². The van der Waals surface area contributed by atoms with Gasteiger partial charge in [-0.2, -0.15) is 0 Å². The van der Waals surface area contributed by atoms with Gasteiger partial charge < -0.3 is 4.74 Å². The Balaban J connectivity index is 2.35. The molecule has 1 rings (SSSR count). The van der Waals surface area contributed by atoms with Gasteiger partial charge in [-0.1, -0.05) is 0 Å². The van der Waals surface area contributed by atoms with E-state index in [4.69, 9.17) is 4.74 Å². The standard InChI is InChI=1S/C8H16N2O3/c1-7(8(11)9-12-2)10-3-5-13-6-4-10/h7H,3-6H2,1-2H3,(H,9,11). The lowest BCUT2D eigenvalue weighted by Crippen LogP contribution is -2.49. The van der Waals surface area contributed by atoms with E-state index in [1.54, 1.807) is 0 Å². The second-order valence-electron chi connectivity index (χ2n) is 2.99. The van der Waals surface area contributed by atoms with E-state index in [-0.39, 0.29) is 11.9 Å². The lowest BCUT2D eigenvalue weighted by Gasteiger charge is -2.30. The van der Waals surface area contributed by atoms with Gasteiger partial charge in [0.05, 0.1) is 26.4 Å². The average molecular weight is 188 g/mol. The van der Waals surface area contributed by atoms with Gasteiger partial charge in [0.2, 0.25) is 0 Å². The number of carbonyl (C=O) groups excluding carboxylic acids is 1. The van der Waals surface area contributed by atoms with E-state index in [0.717, 1.165) is 13.1 Å². The molecule has 1 atom stereocenters. The number of hydroxylamine groups is 1. The predicted octanol–water partition coefficient (Wildman–Crippen LogP) is -0.615. The van der Waals surface area contributed by atoms with Crippen molar-refractivity contribution in [3.8, 4) is 0 Å². The molecule has 0 saturated carbocycles. The van der Waals surface area contributed by atoms with Crippen molar-refractivity contribution in [1.29, 1.82) is 0 Å². The molecule has 1 aliphatic heterocycles. The van der Waals surface area contributed by atoms with Crippen molar-refractivity contribution in [1.82, 2.24) is 10.4 Å². The van der Waals surface area contributed by atoms with Crippen molar-refractivity contribution in [3.05, 3.63) is 0 Å². The van der Waals surface area contributed by atoms with Crippen molar-refractivity contribution in [2.45, 2.75) is 13.0 Å². The summed E-state index contributed by atoms with van der Waals surface area (Å²) in [6.45, 7) is 4.87. The van der Waals surface area contributed by atoms with Gasteiger partial charge in [-0.3, -0.25) is 14.5 Å². The maximum absolute atomic E-state index is 11.3. The number of morpholine rings is 1. The summed E-state index contributed by atoms with van der Waals surface area (Å²) < 4.78 is 5.18. The van der Waals surface area contributed by atoms with Crippen LogP contribution in [0.3, 0.4) is 0 Å². The van der Waals surface area contributed by atoms with Gasteiger partial charge in [0.15, 0.2) is 0 Å². The number of hydrogen-bond acceptors (Lipinski definition) is 4. The van der Waals surface area contributed by atoms with Crippen LogP contribution in [-0.4, -0.2) is 50.3 Å². The molecule has 1 amide bonds. The normalized spacial score (nSPS) is 21.1. The molecule has 1 saturated heterocycles. The third-order valence-electron chi connectivity index (χ3n) is 2.18. The molecule has 0 bridgehead atoms. The van der Waals surface area contributed by atoms with E-state index in [2.05, 4.69) is 15.2 Å². The van der Waals surface area contributed by atoms with Gasteiger partial charge in [0, 0.05) is 13.1 Å². The van der Waals surface area contributed by atoms with Crippen molar-refractivity contribution < 1.29 is 14.4 Å². The van der Waals surface area contributed by atoms with Crippen molar-refractivity contribution >= 4 is 5.91 Å². The van der Waals surface area contributed by atoms with Crippen LogP contribution in [0.4, 0.5) is 0 Å². The van der Waals surface area contributed by atoms with Gasteiger partial charge >= 0.3 is 0 Å². The van der Waals surface area contributed by atoms with Crippen LogP contribution < -0.4 is 5.48 Å². The Morgan fingerprint density at radius 2 is 2.15 bits per heavy atom. The fourth-order valence-electron chi connectivity index (χ4n) is 1.32. The van der Waals surface area contributed by atoms with Crippen LogP contribution in [0.5, 0.6) is 0 Å². The molecule has 1 fully saturated rings. The van der Waals surface area contributed by atoms with E-state index in [0.29, 0.717) is 13.2 Å². The Labute approximate surface area is 77.9 Å². The number of rotatable bonds is 3. The Kier molecular flexibility index (Phi) is 4.14. The number of amides is 1. The summed E-state index contributed by atoms with van der Waals surface area (Å²) in [6.07, 6.45) is 0. The first kappa shape index (κ1) is 10.4. The molecule has 76 valence electrons. The molecular formula is C8H16N2O3. The molecule has 0 spiro atoms. The molecule has 0 radical (unpaired) electrons. The topological polar surface area (TPSA) is 50.8 Å². The number of nitrogens with one attached hydrogen (secondary N) is 1. The number of ether oxygens (including phenoxy) is 1. The van der Waals surface area contributed by atoms with Gasteiger partial charge in [0.1, 0.15) is 0 Å². The van der Waals surface area contributed by atoms with Gasteiger partial charge in [0.25, 0.3) is 5.91 Å². The summed E-state index contributed by atoms with van der Waals surface area (Å²) in [5, 5.41) is 0. The monoisotopic (exact) mass is 188 g/mol. The lowest BCUT2D eigenvalue weighted by molar-refractivity contribution is -0.137. The molecule has 13 heavy (non-hydrogen) atoms. The number of hydrogen-bond donors (Lipinski definition) is 1. The predicted molar refractivity (Wildman–Crippen MR) is 47.0 cm³/mol. The maximum Gasteiger partial charge on any atom is 0.260 e. The average Bonchev–Trinajstić information content (AvgIpc) is 2.18. The number of nitrogens with zero attached hydrogens (tertiary/aromatic N) is 1. The van der Waals surface area contributed by atoms with Crippen LogP contribution in [0, 0.1) is 0 Å². The van der Waals surface area contributed by atoms with Crippen LogP contribution >= 0.6 is 0 Å². The first-order valence-corrected chi connectivity index (χ1v) is 4.40. The third-order valence-corrected chi connectivity index (χ3v) is 2.18. The first-order chi connectivity index (χ1) is 6.25. The van der Waals surface area contributed by atoms with Gasteiger partial charge in [-0.05, 0) is 6.92 Å². The summed E-state index contributed by atoms with van der Waals surface area (Å²) in [7, 11) is 1.43. The van der Waals surface area contributed by atoms with E-state index in [1.165, 1.54) is 7.11 Å². The highest BCUT2D eigenvalue weighted by molar-refractivity contribution is 5.80. The molecule has 0 aromatic rings. The highest BCUT2D eigenvalue weighted by Crippen LogP contribution is 2.03. The molecule has 1 heterocycles. The highest BCUT2D eigenvalue weighted by atomic mass is 16.6. The molecule has 0 aromatic carbocycles. The van der Waals surface area contributed by atoms with Crippen molar-refractivity contribution in [2.24, 2.45) is 0 Å². The molecule has 0 aromatic heterocycles. The fraction of sp³-hybridized carbons (Fsp3) is 0.875. The van der Waals surface area contributed by atoms with Crippen LogP contribution in [-0.2, 0) is 14.4 Å². The largest absolute Gasteiger partial charge is 0.379 e. The quantitative estimate of drug-likeness (QED) is 0.600. The summed E-state index contributed by atoms with van der Waals surface area (Å²) >= 11 is 0. The van der Waals surface area contributed by atoms with Gasteiger partial charge in [-0.25, -0.2) is 5.48 Å². The van der Waals surface area contributed by atoms with E-state index >= 15 is 0 Å². The van der Waals surface area contributed by atoms with Crippen LogP contribution in [0.1, 0.15) is 6.92 Å². The Morgan fingerprint density at radius 3 is 2.69 bits per heavy atom. The van der Waals surface area contributed by atoms with Crippen LogP contribution in [0.15, 0.2) is 0 Å². The summed E-state index contributed by atoms with van der Waals surface area (Å²) in [4.78, 5) is 17.9. The first-order valence-electron chi connectivity index (χ1n) is 4.40. The minimum absolute atomic E-state index is 0.107. The molecule has 1 N–H and O–H groups in total. The smallest absolute Gasteiger partial charge is 0.260 e. The zero-order valence-electron chi connectivity index (χ0n) is 8.08. The second-order valence-corrected chi connectivity index (χ2v) is 2.99. The minimum Gasteiger partial charge on any atom is -0.379 e. The Hall–Kier alpha value is -0.650. The molecule has 5 heteroatoms. The zero-order valence-corrected chi connectivity index (χ0v) is 8.08. The molecular weight excluding hydrogens is 172 g/mol. The maximum atomic E-state index is 11.3. The third kappa shape index (κ3) is 2.95. The SMILES string of the molecule is CONC(=O)C(C)N1CCOCC1. The van der Waals surface area contributed by atoms with E-state index in [1.807, 2.05) is 6.92 Å².